The van der Waals surface area contributed by atoms with Crippen LogP contribution in [0.3, 0.4) is 0 Å². The number of rotatable bonds is 8. The number of hydrogen-bond acceptors (Lipinski definition) is 5. The van der Waals surface area contributed by atoms with Crippen LogP contribution < -0.4 is 15.0 Å². The molecule has 3 aromatic carbocycles. The number of halogens is 1. The van der Waals surface area contributed by atoms with Crippen molar-refractivity contribution >= 4 is 28.5 Å². The lowest BCUT2D eigenvalue weighted by molar-refractivity contribution is -0.128. The molecule has 1 heterocycles. The summed E-state index contributed by atoms with van der Waals surface area (Å²) in [6, 6.07) is 18.8. The highest BCUT2D eigenvalue weighted by atomic mass is 19.1. The van der Waals surface area contributed by atoms with Crippen molar-refractivity contribution < 1.29 is 18.7 Å². The van der Waals surface area contributed by atoms with Gasteiger partial charge in [0.2, 0.25) is 11.8 Å². The molecule has 0 saturated heterocycles. The zero-order valence-corrected chi connectivity index (χ0v) is 21.3. The van der Waals surface area contributed by atoms with Gasteiger partial charge in [-0.25, -0.2) is 9.07 Å². The number of benzene rings is 3. The number of nitrogens with one attached hydrogen (secondary N) is 1. The van der Waals surface area contributed by atoms with E-state index in [1.807, 2.05) is 45.9 Å². The quantitative estimate of drug-likeness (QED) is 0.378. The highest BCUT2D eigenvalue weighted by Crippen LogP contribution is 2.32. The summed E-state index contributed by atoms with van der Waals surface area (Å²) < 4.78 is 22.3. The fraction of sp³-hybridized carbons (Fsp3) is 0.286. The van der Waals surface area contributed by atoms with E-state index in [9.17, 15) is 9.59 Å². The maximum absolute atomic E-state index is 15.2. The number of fused-ring (bicyclic) bond motifs is 1. The van der Waals surface area contributed by atoms with Crippen LogP contribution in [0.2, 0.25) is 0 Å². The maximum Gasteiger partial charge on any atom is 0.249 e. The second-order valence-corrected chi connectivity index (χ2v) is 9.59. The van der Waals surface area contributed by atoms with Crippen molar-refractivity contribution in [1.29, 1.82) is 0 Å². The Morgan fingerprint density at radius 1 is 1.05 bits per heavy atom. The van der Waals surface area contributed by atoms with E-state index in [0.29, 0.717) is 29.1 Å². The number of anilines is 1. The highest BCUT2D eigenvalue weighted by molar-refractivity contribution is 6.01. The number of nitrogens with zero attached hydrogens (tertiary/aromatic N) is 4. The van der Waals surface area contributed by atoms with Gasteiger partial charge in [0.05, 0.1) is 12.1 Å². The molecular formula is C28H30FN5O3. The predicted octanol–water partition coefficient (Wildman–Crippen LogP) is 4.66. The van der Waals surface area contributed by atoms with Crippen LogP contribution in [0.5, 0.6) is 5.75 Å². The van der Waals surface area contributed by atoms with E-state index < -0.39 is 29.2 Å². The minimum atomic E-state index is -1.29. The number of carbonyl (C=O) groups is 2. The van der Waals surface area contributed by atoms with Gasteiger partial charge in [-0.1, -0.05) is 41.6 Å². The molecule has 0 aliphatic heterocycles. The van der Waals surface area contributed by atoms with Crippen molar-refractivity contribution in [3.8, 4) is 5.75 Å². The van der Waals surface area contributed by atoms with Gasteiger partial charge >= 0.3 is 0 Å². The highest BCUT2D eigenvalue weighted by Gasteiger charge is 2.36. The summed E-state index contributed by atoms with van der Waals surface area (Å²) in [7, 11) is 0. The lowest BCUT2D eigenvalue weighted by Gasteiger charge is -2.34. The first-order valence-corrected chi connectivity index (χ1v) is 12.1. The third-order valence-electron chi connectivity index (χ3n) is 5.59. The van der Waals surface area contributed by atoms with Gasteiger partial charge in [-0.05, 0) is 58.0 Å². The fourth-order valence-electron chi connectivity index (χ4n) is 4.10. The molecule has 192 valence electrons. The van der Waals surface area contributed by atoms with Crippen LogP contribution in [0.15, 0.2) is 72.8 Å². The van der Waals surface area contributed by atoms with Crippen LogP contribution in [0.25, 0.3) is 11.0 Å². The molecule has 0 fully saturated rings. The normalized spacial score (nSPS) is 12.2. The molecule has 2 amide bonds. The van der Waals surface area contributed by atoms with E-state index in [1.165, 1.54) is 21.7 Å². The Hall–Kier alpha value is -4.27. The molecule has 4 rings (SSSR count). The minimum absolute atomic E-state index is 0.0721. The van der Waals surface area contributed by atoms with Gasteiger partial charge < -0.3 is 10.1 Å². The van der Waals surface area contributed by atoms with Gasteiger partial charge in [0, 0.05) is 22.9 Å². The van der Waals surface area contributed by atoms with Crippen molar-refractivity contribution in [1.82, 2.24) is 20.3 Å². The van der Waals surface area contributed by atoms with Crippen LogP contribution in [0, 0.1) is 5.82 Å². The molecule has 1 N–H and O–H groups in total. The average Bonchev–Trinajstić information content (AvgIpc) is 3.25. The van der Waals surface area contributed by atoms with Crippen molar-refractivity contribution in [2.24, 2.45) is 0 Å². The number of para-hydroxylation sites is 1. The first-order chi connectivity index (χ1) is 17.7. The summed E-state index contributed by atoms with van der Waals surface area (Å²) in [5.41, 5.74) is 1.14. The van der Waals surface area contributed by atoms with Crippen molar-refractivity contribution in [2.45, 2.75) is 45.8 Å². The molecule has 1 aromatic heterocycles. The Bertz CT molecular complexity index is 1410. The van der Waals surface area contributed by atoms with Crippen LogP contribution in [0.4, 0.5) is 10.1 Å². The van der Waals surface area contributed by atoms with Crippen molar-refractivity contribution in [2.75, 3.05) is 11.5 Å². The Morgan fingerprint density at radius 2 is 1.78 bits per heavy atom. The second-order valence-electron chi connectivity index (χ2n) is 9.59. The largest absolute Gasteiger partial charge is 0.494 e. The molecular weight excluding hydrogens is 473 g/mol. The van der Waals surface area contributed by atoms with Crippen LogP contribution in [0.1, 0.15) is 39.3 Å². The molecule has 0 aliphatic carbocycles. The Kier molecular flexibility index (Phi) is 7.52. The van der Waals surface area contributed by atoms with Gasteiger partial charge in [-0.15, -0.1) is 5.10 Å². The molecule has 0 radical (unpaired) electrons. The zero-order chi connectivity index (χ0) is 26.6. The summed E-state index contributed by atoms with van der Waals surface area (Å²) in [5.74, 6) is -1.06. The summed E-state index contributed by atoms with van der Waals surface area (Å²) in [4.78, 5) is 29.0. The molecule has 0 bridgehead atoms. The van der Waals surface area contributed by atoms with Crippen molar-refractivity contribution in [3.63, 3.8) is 0 Å². The molecule has 0 spiro atoms. The summed E-state index contributed by atoms with van der Waals surface area (Å²) in [5, 5.41) is 11.2. The van der Waals surface area contributed by atoms with Crippen molar-refractivity contribution in [3.05, 3.63) is 84.2 Å². The van der Waals surface area contributed by atoms with Crippen LogP contribution in [-0.4, -0.2) is 39.0 Å². The molecule has 8 nitrogen and oxygen atoms in total. The number of hydrogen-bond donors (Lipinski definition) is 1. The number of ether oxygens (including phenoxy) is 1. The predicted molar refractivity (Wildman–Crippen MR) is 140 cm³/mol. The van der Waals surface area contributed by atoms with Crippen LogP contribution in [-0.2, 0) is 16.1 Å². The van der Waals surface area contributed by atoms with Gasteiger partial charge in [-0.3, -0.25) is 14.5 Å². The lowest BCUT2D eigenvalue weighted by Crippen LogP contribution is -2.50. The maximum atomic E-state index is 15.2. The van der Waals surface area contributed by atoms with Gasteiger partial charge in [0.1, 0.15) is 29.7 Å². The number of amides is 2. The van der Waals surface area contributed by atoms with Gasteiger partial charge in [0.15, 0.2) is 0 Å². The summed E-state index contributed by atoms with van der Waals surface area (Å²) in [6.45, 7) is 7.53. The standard InChI is InChI=1S/C28H30FN5O3/c1-5-37-20-12-10-11-19(17-20)34(25(35)18-33-24-16-9-8-15-23(24)31-32-33)26(27(36)30-28(2,3)4)21-13-6-7-14-22(21)29/h6-17,26H,5,18H2,1-4H3,(H,30,36)/t26-/m1/s1. The van der Waals surface area contributed by atoms with Gasteiger partial charge in [0.25, 0.3) is 0 Å². The Balaban J connectivity index is 1.85. The van der Waals surface area contributed by atoms with E-state index >= 15 is 4.39 Å². The second kappa shape index (κ2) is 10.8. The van der Waals surface area contributed by atoms with Crippen LogP contribution >= 0.6 is 0 Å². The molecule has 9 heteroatoms. The molecule has 1 atom stereocenters. The average molecular weight is 504 g/mol. The topological polar surface area (TPSA) is 89.3 Å². The van der Waals surface area contributed by atoms with E-state index in [4.69, 9.17) is 4.74 Å². The SMILES string of the molecule is CCOc1cccc(N(C(=O)Cn2nnc3ccccc32)[C@@H](C(=O)NC(C)(C)C)c2ccccc2F)c1. The third kappa shape index (κ3) is 5.94. The van der Waals surface area contributed by atoms with E-state index in [2.05, 4.69) is 15.6 Å². The third-order valence-corrected chi connectivity index (χ3v) is 5.59. The van der Waals surface area contributed by atoms with E-state index in [1.54, 1.807) is 42.5 Å². The summed E-state index contributed by atoms with van der Waals surface area (Å²) in [6.07, 6.45) is 0. The minimum Gasteiger partial charge on any atom is -0.494 e. The first-order valence-electron chi connectivity index (χ1n) is 12.1. The molecule has 0 unspecified atom stereocenters. The molecule has 0 aliphatic rings. The Labute approximate surface area is 215 Å². The lowest BCUT2D eigenvalue weighted by atomic mass is 10.00. The smallest absolute Gasteiger partial charge is 0.249 e. The first kappa shape index (κ1) is 25.8. The van der Waals surface area contributed by atoms with E-state index in [0.717, 1.165) is 0 Å². The summed E-state index contributed by atoms with van der Waals surface area (Å²) >= 11 is 0. The monoisotopic (exact) mass is 503 g/mol. The Morgan fingerprint density at radius 3 is 2.51 bits per heavy atom. The molecule has 37 heavy (non-hydrogen) atoms. The zero-order valence-electron chi connectivity index (χ0n) is 21.3. The molecule has 0 saturated carbocycles. The number of carbonyl (C=O) groups excluding carboxylic acids is 2. The molecule has 4 aromatic rings. The van der Waals surface area contributed by atoms with Gasteiger partial charge in [-0.2, -0.15) is 0 Å². The van der Waals surface area contributed by atoms with E-state index in [-0.39, 0.29) is 12.1 Å². The fourth-order valence-corrected chi connectivity index (χ4v) is 4.10. The number of aromatic nitrogens is 3.